The first-order valence-corrected chi connectivity index (χ1v) is 18.6. The summed E-state index contributed by atoms with van der Waals surface area (Å²) in [6, 6.07) is 26.9. The summed E-state index contributed by atoms with van der Waals surface area (Å²) in [7, 11) is 0. The highest BCUT2D eigenvalue weighted by molar-refractivity contribution is 5.98. The fourth-order valence-electron chi connectivity index (χ4n) is 5.59. The van der Waals surface area contributed by atoms with Crippen molar-refractivity contribution in [1.82, 2.24) is 21.0 Å². The Morgan fingerprint density at radius 1 is 0.818 bits per heavy atom. The van der Waals surface area contributed by atoms with Gasteiger partial charge in [0.25, 0.3) is 5.91 Å². The molecule has 13 nitrogen and oxygen atoms in total. The molecule has 0 spiro atoms. The van der Waals surface area contributed by atoms with Gasteiger partial charge in [-0.1, -0.05) is 86.8 Å². The van der Waals surface area contributed by atoms with Crippen LogP contribution in [0.4, 0.5) is 4.79 Å². The van der Waals surface area contributed by atoms with E-state index < -0.39 is 17.9 Å². The lowest BCUT2D eigenvalue weighted by molar-refractivity contribution is -0.182. The Morgan fingerprint density at radius 3 is 2.24 bits per heavy atom. The Balaban J connectivity index is 1.28. The number of nitrogens with zero attached hydrogens (tertiary/aromatic N) is 1. The molecule has 1 atom stereocenters. The molecule has 0 aliphatic heterocycles. The second-order valence-electron chi connectivity index (χ2n) is 12.7. The van der Waals surface area contributed by atoms with Gasteiger partial charge in [0.1, 0.15) is 24.7 Å². The zero-order valence-corrected chi connectivity index (χ0v) is 31.4. The minimum absolute atomic E-state index is 0.00472. The number of rotatable bonds is 24. The van der Waals surface area contributed by atoms with E-state index in [0.29, 0.717) is 48.5 Å². The van der Waals surface area contributed by atoms with Crippen molar-refractivity contribution in [1.29, 1.82) is 0 Å². The van der Waals surface area contributed by atoms with E-state index in [1.165, 1.54) is 6.07 Å². The van der Waals surface area contributed by atoms with E-state index in [-0.39, 0.29) is 56.8 Å². The smallest absolute Gasteiger partial charge is 0.407 e. The number of nitrogens with one attached hydrogen (secondary N) is 3. The highest BCUT2D eigenvalue weighted by Gasteiger charge is 2.22. The maximum Gasteiger partial charge on any atom is 0.407 e. The third-order valence-corrected chi connectivity index (χ3v) is 8.51. The number of alkyl carbamates (subject to hydrolysis) is 1. The van der Waals surface area contributed by atoms with E-state index in [4.69, 9.17) is 18.7 Å². The maximum absolute atomic E-state index is 13.2. The van der Waals surface area contributed by atoms with Crippen LogP contribution >= 0.6 is 0 Å². The quantitative estimate of drug-likeness (QED) is 0.0229. The van der Waals surface area contributed by atoms with Crippen LogP contribution < -0.4 is 20.7 Å². The molecule has 3 N–H and O–H groups in total. The van der Waals surface area contributed by atoms with E-state index in [0.717, 1.165) is 35.5 Å². The Kier molecular flexibility index (Phi) is 17.5. The molecule has 0 saturated heterocycles. The monoisotopic (exact) mass is 754 g/mol. The number of ether oxygens (including phenoxy) is 2. The molecule has 0 bridgehead atoms. The minimum atomic E-state index is -0.560. The van der Waals surface area contributed by atoms with Crippen LogP contribution in [-0.4, -0.2) is 61.5 Å². The molecule has 0 radical (unpaired) electrons. The van der Waals surface area contributed by atoms with Gasteiger partial charge in [-0.2, -0.15) is 0 Å². The molecule has 1 heterocycles. The molecule has 4 amide bonds. The number of carbonyl (C=O) groups is 5. The van der Waals surface area contributed by atoms with Crippen LogP contribution in [0.2, 0.25) is 0 Å². The largest absolute Gasteiger partial charge is 0.494 e. The van der Waals surface area contributed by atoms with Crippen LogP contribution in [0.1, 0.15) is 84.4 Å². The first kappa shape index (κ1) is 41.8. The highest BCUT2D eigenvalue weighted by Crippen LogP contribution is 2.29. The SMILES string of the molecule is CCCCC[C@H](CN(C=O)OCc1ccccc1)C(=O)NCNC(=O)c1ccc(-c2cc(OCC)cc(C(=O)CCCNC(=O)OCc3ccccc3)c2)o1. The van der Waals surface area contributed by atoms with Crippen LogP contribution in [0.15, 0.2) is 95.4 Å². The standard InChI is InChI=1S/C42H50N4O9/c1-3-5-8-18-33(26-46(30-47)54-28-32-16-11-7-12-17-32)40(49)44-29-45-41(50)39-21-20-38(55-39)35-23-34(24-36(25-35)52-4-2)37(48)19-13-22-43-42(51)53-27-31-14-9-6-10-15-31/h6-7,9-12,14-17,20-21,23-25,30,33H,3-5,8,13,18-19,22,26-29H2,1-2H3,(H,43,51)(H,44,49)(H,45,50)/t33-/m1/s1. The number of amides is 4. The van der Waals surface area contributed by atoms with Crippen LogP contribution in [0.5, 0.6) is 5.75 Å². The number of hydroxylamine groups is 2. The van der Waals surface area contributed by atoms with E-state index in [1.807, 2.05) is 67.6 Å². The Hall–Kier alpha value is -5.95. The number of unbranched alkanes of at least 4 members (excludes halogenated alkanes) is 2. The fraction of sp³-hybridized carbons (Fsp3) is 0.357. The summed E-state index contributed by atoms with van der Waals surface area (Å²) >= 11 is 0. The van der Waals surface area contributed by atoms with E-state index in [2.05, 4.69) is 22.9 Å². The minimum Gasteiger partial charge on any atom is -0.494 e. The molecule has 292 valence electrons. The van der Waals surface area contributed by atoms with Gasteiger partial charge in [0.2, 0.25) is 12.3 Å². The number of furan rings is 1. The van der Waals surface area contributed by atoms with Gasteiger partial charge >= 0.3 is 6.09 Å². The number of ketones is 1. The molecule has 55 heavy (non-hydrogen) atoms. The summed E-state index contributed by atoms with van der Waals surface area (Å²) in [6.07, 6.45) is 3.80. The van der Waals surface area contributed by atoms with Gasteiger partial charge in [-0.25, -0.2) is 9.86 Å². The van der Waals surface area contributed by atoms with Gasteiger partial charge in [0.05, 0.1) is 25.7 Å². The molecule has 0 aliphatic carbocycles. The van der Waals surface area contributed by atoms with Gasteiger partial charge in [-0.3, -0.25) is 24.0 Å². The Labute approximate surface area is 321 Å². The van der Waals surface area contributed by atoms with Crippen molar-refractivity contribution >= 4 is 30.1 Å². The number of benzene rings is 3. The molecule has 13 heteroatoms. The predicted octanol–water partition coefficient (Wildman–Crippen LogP) is 6.82. The summed E-state index contributed by atoms with van der Waals surface area (Å²) in [6.45, 7) is 4.76. The van der Waals surface area contributed by atoms with Crippen molar-refractivity contribution in [3.05, 3.63) is 113 Å². The van der Waals surface area contributed by atoms with Crippen molar-refractivity contribution in [2.45, 2.75) is 65.6 Å². The van der Waals surface area contributed by atoms with Crippen LogP contribution in [0, 0.1) is 5.92 Å². The van der Waals surface area contributed by atoms with Crippen LogP contribution in [0.3, 0.4) is 0 Å². The third kappa shape index (κ3) is 14.4. The third-order valence-electron chi connectivity index (χ3n) is 8.51. The molecule has 0 saturated carbocycles. The molecular weight excluding hydrogens is 704 g/mol. The molecule has 3 aromatic carbocycles. The van der Waals surface area contributed by atoms with Crippen molar-refractivity contribution in [3.8, 4) is 17.1 Å². The number of hydrogen-bond donors (Lipinski definition) is 3. The molecule has 4 aromatic rings. The molecule has 0 aliphatic rings. The molecule has 0 unspecified atom stereocenters. The second-order valence-corrected chi connectivity index (χ2v) is 12.7. The summed E-state index contributed by atoms with van der Waals surface area (Å²) in [5.41, 5.74) is 2.69. The van der Waals surface area contributed by atoms with Crippen molar-refractivity contribution in [2.24, 2.45) is 5.92 Å². The van der Waals surface area contributed by atoms with Gasteiger partial charge < -0.3 is 29.8 Å². The lowest BCUT2D eigenvalue weighted by Gasteiger charge is -2.23. The molecule has 4 rings (SSSR count). The maximum atomic E-state index is 13.2. The second kappa shape index (κ2) is 23.0. The summed E-state index contributed by atoms with van der Waals surface area (Å²) in [5, 5.41) is 9.19. The highest BCUT2D eigenvalue weighted by atomic mass is 16.7. The molecule has 0 fully saturated rings. The normalized spacial score (nSPS) is 11.2. The predicted molar refractivity (Wildman–Crippen MR) is 206 cm³/mol. The number of Topliss-reactive ketones (excluding diaryl/α,β-unsaturated/α-hetero) is 1. The van der Waals surface area contributed by atoms with Gasteiger partial charge in [-0.15, -0.1) is 0 Å². The van der Waals surface area contributed by atoms with Crippen molar-refractivity contribution < 1.29 is 42.7 Å². The molecule has 1 aromatic heterocycles. The van der Waals surface area contributed by atoms with E-state index in [1.54, 1.807) is 24.3 Å². The zero-order valence-electron chi connectivity index (χ0n) is 31.4. The Bertz CT molecular complexity index is 1810. The van der Waals surface area contributed by atoms with Gasteiger partial charge in [-0.05, 0) is 61.2 Å². The average molecular weight is 755 g/mol. The van der Waals surface area contributed by atoms with Crippen LogP contribution in [0.25, 0.3) is 11.3 Å². The van der Waals surface area contributed by atoms with Gasteiger partial charge in [0.15, 0.2) is 11.5 Å². The van der Waals surface area contributed by atoms with E-state index in [9.17, 15) is 24.0 Å². The van der Waals surface area contributed by atoms with Crippen LogP contribution in [-0.2, 0) is 32.4 Å². The van der Waals surface area contributed by atoms with Gasteiger partial charge in [0, 0.05) is 24.1 Å². The number of carbonyl (C=O) groups excluding carboxylic acids is 5. The summed E-state index contributed by atoms with van der Waals surface area (Å²) < 4.78 is 16.8. The topological polar surface area (TPSA) is 166 Å². The van der Waals surface area contributed by atoms with Crippen molar-refractivity contribution in [3.63, 3.8) is 0 Å². The first-order valence-electron chi connectivity index (χ1n) is 18.6. The zero-order chi connectivity index (χ0) is 39.3. The molecular formula is C42H50N4O9. The van der Waals surface area contributed by atoms with Crippen molar-refractivity contribution in [2.75, 3.05) is 26.4 Å². The lowest BCUT2D eigenvalue weighted by atomic mass is 10.0. The average Bonchev–Trinajstić information content (AvgIpc) is 3.71. The summed E-state index contributed by atoms with van der Waals surface area (Å²) in [5.74, 6) is -0.778. The number of hydrogen-bond acceptors (Lipinski definition) is 9. The van der Waals surface area contributed by atoms with E-state index >= 15 is 0 Å². The summed E-state index contributed by atoms with van der Waals surface area (Å²) in [4.78, 5) is 68.8. The fourth-order valence-corrected chi connectivity index (χ4v) is 5.59. The Morgan fingerprint density at radius 2 is 1.55 bits per heavy atom. The first-order chi connectivity index (χ1) is 26.8. The lowest BCUT2D eigenvalue weighted by Crippen LogP contribution is -2.43.